The monoisotopic (exact) mass is 837 g/mol. The Kier molecular flexibility index (Phi) is 8.85. The zero-order valence-electron chi connectivity index (χ0n) is 40.7. The first-order chi connectivity index (χ1) is 28.8. The van der Waals surface area contributed by atoms with Gasteiger partial charge < -0.3 is 9.80 Å². The summed E-state index contributed by atoms with van der Waals surface area (Å²) < 4.78 is 2.89. The van der Waals surface area contributed by atoms with E-state index in [1.54, 1.807) is 5.56 Å². The first-order valence-electron chi connectivity index (χ1n) is 23.6. The number of thiophene rings is 1. The van der Waals surface area contributed by atoms with E-state index in [9.17, 15) is 0 Å². The molecule has 0 spiro atoms. The van der Waals surface area contributed by atoms with Crippen molar-refractivity contribution in [1.82, 2.24) is 0 Å². The minimum Gasteiger partial charge on any atom is -0.311 e. The predicted molar refractivity (Wildman–Crippen MR) is 273 cm³/mol. The Labute approximate surface area is 378 Å². The lowest BCUT2D eigenvalue weighted by molar-refractivity contribution is 0.332. The van der Waals surface area contributed by atoms with Crippen molar-refractivity contribution < 1.29 is 0 Å². The summed E-state index contributed by atoms with van der Waals surface area (Å²) in [7, 11) is 0. The van der Waals surface area contributed by atoms with E-state index in [0.29, 0.717) is 0 Å². The average Bonchev–Trinajstić information content (AvgIpc) is 3.55. The second kappa shape index (κ2) is 13.2. The van der Waals surface area contributed by atoms with Crippen molar-refractivity contribution in [3.8, 4) is 0 Å². The number of fused-ring (bicyclic) bond motifs is 8. The third-order valence-electron chi connectivity index (χ3n) is 16.0. The molecule has 2 nitrogen and oxygen atoms in total. The van der Waals surface area contributed by atoms with Crippen LogP contribution in [0, 0.1) is 13.8 Å². The van der Waals surface area contributed by atoms with Crippen LogP contribution < -0.4 is 25.5 Å². The molecule has 0 amide bonds. The van der Waals surface area contributed by atoms with Crippen molar-refractivity contribution in [3.05, 3.63) is 123 Å². The molecule has 0 unspecified atom stereocenters. The molecule has 10 rings (SSSR count). The van der Waals surface area contributed by atoms with Crippen LogP contribution in [0.5, 0.6) is 0 Å². The highest BCUT2D eigenvalue weighted by Crippen LogP contribution is 2.55. The van der Waals surface area contributed by atoms with Gasteiger partial charge in [0.1, 0.15) is 0 Å². The Morgan fingerprint density at radius 3 is 1.58 bits per heavy atom. The minimum absolute atomic E-state index is 0.00530. The fourth-order valence-corrected chi connectivity index (χ4v) is 13.1. The number of anilines is 6. The highest BCUT2D eigenvalue weighted by molar-refractivity contribution is 7.33. The topological polar surface area (TPSA) is 6.48 Å². The number of hydrogen-bond acceptors (Lipinski definition) is 3. The fraction of sp³-hybridized carbons (Fsp3) is 0.448. The Morgan fingerprint density at radius 1 is 0.516 bits per heavy atom. The predicted octanol–water partition coefficient (Wildman–Crippen LogP) is 14.9. The summed E-state index contributed by atoms with van der Waals surface area (Å²) in [4.78, 5) is 5.36. The lowest BCUT2D eigenvalue weighted by Crippen LogP contribution is -2.60. The fourth-order valence-electron chi connectivity index (χ4n) is 11.7. The molecule has 0 saturated heterocycles. The van der Waals surface area contributed by atoms with E-state index in [-0.39, 0.29) is 39.2 Å². The lowest BCUT2D eigenvalue weighted by atomic mass is 9.36. The van der Waals surface area contributed by atoms with Crippen molar-refractivity contribution in [3.63, 3.8) is 0 Å². The first kappa shape index (κ1) is 41.7. The van der Waals surface area contributed by atoms with Gasteiger partial charge in [-0.05, 0) is 176 Å². The Hall–Kier alpha value is -4.28. The van der Waals surface area contributed by atoms with E-state index < -0.39 is 0 Å². The third kappa shape index (κ3) is 6.15. The standard InChI is InChI=1S/C58H69BN2S/c1-34-27-47-50-48(28-34)61(46-32-42-40(29-35(46)2)55(9,10)23-25-57(42,13)14)51-39-31-41-43(58(15,16)26-24-56(41,11)12)33-49(39)62-52(51)59(50)44-30-37(54(6,7)8)19-22-45(44)60(47)38-20-17-36(18-21-38)53(3,4)5/h17-22,27-33H,23-26H2,1-16H3. The molecule has 5 aromatic carbocycles. The average molecular weight is 837 g/mol. The summed E-state index contributed by atoms with van der Waals surface area (Å²) in [6.07, 6.45) is 4.81. The van der Waals surface area contributed by atoms with E-state index in [2.05, 4.69) is 211 Å². The first-order valence-corrected chi connectivity index (χ1v) is 24.4. The lowest BCUT2D eigenvalue weighted by Gasteiger charge is -2.46. The number of hydrogen-bond donors (Lipinski definition) is 0. The summed E-state index contributed by atoms with van der Waals surface area (Å²) in [6, 6.07) is 32.4. The molecule has 2 aliphatic carbocycles. The maximum Gasteiger partial charge on any atom is 0.264 e. The van der Waals surface area contributed by atoms with Gasteiger partial charge in [0.25, 0.3) is 6.71 Å². The van der Waals surface area contributed by atoms with E-state index >= 15 is 0 Å². The number of aryl methyl sites for hydroxylation is 2. The third-order valence-corrected chi connectivity index (χ3v) is 17.3. The zero-order chi connectivity index (χ0) is 44.4. The van der Waals surface area contributed by atoms with Crippen LogP contribution in [0.1, 0.15) is 167 Å². The van der Waals surface area contributed by atoms with Gasteiger partial charge >= 0.3 is 0 Å². The van der Waals surface area contributed by atoms with E-state index in [1.807, 2.05) is 0 Å². The summed E-state index contributed by atoms with van der Waals surface area (Å²) in [6.45, 7) is 38.7. The molecule has 4 aliphatic rings. The molecular formula is C58H69BN2S. The van der Waals surface area contributed by atoms with Gasteiger partial charge in [0.05, 0.1) is 5.69 Å². The Morgan fingerprint density at radius 2 is 1.02 bits per heavy atom. The summed E-state index contributed by atoms with van der Waals surface area (Å²) in [5.41, 5.74) is 22.7. The summed E-state index contributed by atoms with van der Waals surface area (Å²) in [5.74, 6) is 0. The zero-order valence-corrected chi connectivity index (χ0v) is 41.5. The van der Waals surface area contributed by atoms with Crippen LogP contribution in [-0.4, -0.2) is 6.71 Å². The summed E-state index contributed by atoms with van der Waals surface area (Å²) in [5, 5.41) is 1.41. The van der Waals surface area contributed by atoms with Crippen LogP contribution in [0.2, 0.25) is 0 Å². The van der Waals surface area contributed by atoms with Crippen molar-refractivity contribution in [2.24, 2.45) is 0 Å². The van der Waals surface area contributed by atoms with Gasteiger partial charge in [-0.1, -0.05) is 127 Å². The van der Waals surface area contributed by atoms with Crippen LogP contribution in [0.15, 0.2) is 78.9 Å². The molecular weight excluding hydrogens is 768 g/mol. The largest absolute Gasteiger partial charge is 0.311 e. The molecule has 4 heteroatoms. The summed E-state index contributed by atoms with van der Waals surface area (Å²) >= 11 is 2.07. The molecule has 62 heavy (non-hydrogen) atoms. The molecule has 0 N–H and O–H groups in total. The molecule has 0 bridgehead atoms. The second-order valence-corrected chi connectivity index (χ2v) is 25.7. The van der Waals surface area contributed by atoms with Gasteiger partial charge in [0, 0.05) is 43.3 Å². The molecule has 320 valence electrons. The van der Waals surface area contributed by atoms with Crippen LogP contribution in [0.3, 0.4) is 0 Å². The second-order valence-electron chi connectivity index (χ2n) is 24.6. The van der Waals surface area contributed by atoms with Gasteiger partial charge in [-0.3, -0.25) is 0 Å². The van der Waals surface area contributed by atoms with E-state index in [1.165, 1.54) is 125 Å². The van der Waals surface area contributed by atoms with Crippen molar-refractivity contribution in [2.45, 2.75) is 169 Å². The minimum atomic E-state index is 0.00530. The molecule has 0 fully saturated rings. The molecule has 0 atom stereocenters. The van der Waals surface area contributed by atoms with Crippen molar-refractivity contribution >= 4 is 78.0 Å². The van der Waals surface area contributed by atoms with E-state index in [0.717, 1.165) is 0 Å². The number of nitrogens with zero attached hydrogens (tertiary/aromatic N) is 2. The van der Waals surface area contributed by atoms with Crippen LogP contribution in [-0.2, 0) is 32.5 Å². The van der Waals surface area contributed by atoms with Crippen LogP contribution >= 0.6 is 11.3 Å². The Balaban J connectivity index is 1.34. The highest BCUT2D eigenvalue weighted by atomic mass is 32.1. The highest BCUT2D eigenvalue weighted by Gasteiger charge is 2.48. The van der Waals surface area contributed by atoms with Crippen molar-refractivity contribution in [1.29, 1.82) is 0 Å². The maximum atomic E-state index is 2.76. The normalized spacial score (nSPS) is 19.1. The Bertz CT molecular complexity index is 2850. The van der Waals surface area contributed by atoms with Gasteiger partial charge in [-0.25, -0.2) is 0 Å². The van der Waals surface area contributed by atoms with Gasteiger partial charge in [-0.15, -0.1) is 11.3 Å². The van der Waals surface area contributed by atoms with Gasteiger partial charge in [0.2, 0.25) is 0 Å². The smallest absolute Gasteiger partial charge is 0.264 e. The molecule has 0 saturated carbocycles. The molecule has 2 aliphatic heterocycles. The van der Waals surface area contributed by atoms with Gasteiger partial charge in [-0.2, -0.15) is 0 Å². The number of benzene rings is 5. The molecule has 1 aromatic heterocycles. The molecule has 0 radical (unpaired) electrons. The van der Waals surface area contributed by atoms with Crippen LogP contribution in [0.4, 0.5) is 34.1 Å². The quantitative estimate of drug-likeness (QED) is 0.160. The van der Waals surface area contributed by atoms with E-state index in [4.69, 9.17) is 0 Å². The maximum absolute atomic E-state index is 2.76. The SMILES string of the molecule is Cc1cc2c3c(c1)N(c1cc4c(cc1C)C(C)(C)CCC4(C)C)c1c(sc4cc5c(cc14)C(C)(C)CCC5(C)C)B3c1cc(C(C)(C)C)ccc1N2c1ccc(C(C)(C)C)cc1. The van der Waals surface area contributed by atoms with Crippen molar-refractivity contribution in [2.75, 3.05) is 9.80 Å². The van der Waals surface area contributed by atoms with Gasteiger partial charge in [0.15, 0.2) is 0 Å². The molecule has 3 heterocycles. The number of rotatable bonds is 2. The molecule has 6 aromatic rings. The van der Waals surface area contributed by atoms with Crippen LogP contribution in [0.25, 0.3) is 10.1 Å².